The van der Waals surface area contributed by atoms with Gasteiger partial charge in [0.15, 0.2) is 12.6 Å². The van der Waals surface area contributed by atoms with Crippen LogP contribution in [0, 0.1) is 13.8 Å². The number of carboxylic acids is 1. The first-order valence-electron chi connectivity index (χ1n) is 4.30. The lowest BCUT2D eigenvalue weighted by Crippen LogP contribution is -2.08. The Morgan fingerprint density at radius 1 is 1.27 bits per heavy atom. The summed E-state index contributed by atoms with van der Waals surface area (Å²) >= 11 is 0. The molecule has 0 unspecified atom stereocenters. The smallest absolute Gasteiger partial charge is 0.336 e. The number of rotatable bonds is 3. The Hall–Kier alpha value is -1.97. The zero-order valence-corrected chi connectivity index (χ0v) is 8.40. The molecule has 1 aromatic rings. The number of aldehydes is 2. The van der Waals surface area contributed by atoms with Crippen molar-refractivity contribution in [2.75, 3.05) is 0 Å². The maximum absolute atomic E-state index is 10.9. The molecule has 0 radical (unpaired) electrons. The van der Waals surface area contributed by atoms with Gasteiger partial charge in [0.1, 0.15) is 0 Å². The molecular weight excluding hydrogens is 196 g/mol. The molecule has 1 aromatic carbocycles. The van der Waals surface area contributed by atoms with E-state index in [1.807, 2.05) is 0 Å². The highest BCUT2D eigenvalue weighted by Gasteiger charge is 2.17. The van der Waals surface area contributed by atoms with Crippen LogP contribution in [0.5, 0.6) is 0 Å². The van der Waals surface area contributed by atoms with Crippen molar-refractivity contribution in [3.63, 3.8) is 0 Å². The molecule has 0 fully saturated rings. The fraction of sp³-hybridized carbons (Fsp3) is 0.182. The van der Waals surface area contributed by atoms with E-state index in [1.165, 1.54) is 13.0 Å². The Balaban J connectivity index is 3.67. The van der Waals surface area contributed by atoms with Gasteiger partial charge in [-0.1, -0.05) is 0 Å². The van der Waals surface area contributed by atoms with Crippen molar-refractivity contribution < 1.29 is 19.5 Å². The molecule has 1 N–H and O–H groups in total. The van der Waals surface area contributed by atoms with Crippen molar-refractivity contribution in [1.29, 1.82) is 0 Å². The second kappa shape index (κ2) is 4.04. The molecule has 0 aliphatic rings. The van der Waals surface area contributed by atoms with Gasteiger partial charge in [0.2, 0.25) is 0 Å². The average Bonchev–Trinajstić information content (AvgIpc) is 2.16. The SMILES string of the molecule is Cc1cc(C=O)c(C(=O)O)c(C)c1C=O. The lowest BCUT2D eigenvalue weighted by atomic mass is 9.94. The molecule has 0 heterocycles. The lowest BCUT2D eigenvalue weighted by molar-refractivity contribution is 0.0693. The van der Waals surface area contributed by atoms with Crippen molar-refractivity contribution in [2.45, 2.75) is 13.8 Å². The fourth-order valence-corrected chi connectivity index (χ4v) is 1.59. The summed E-state index contributed by atoms with van der Waals surface area (Å²) in [5.74, 6) is -1.20. The number of carbonyl (C=O) groups is 3. The van der Waals surface area contributed by atoms with Crippen molar-refractivity contribution in [3.8, 4) is 0 Å². The largest absolute Gasteiger partial charge is 0.478 e. The number of carbonyl (C=O) groups excluding carboxylic acids is 2. The highest BCUT2D eigenvalue weighted by Crippen LogP contribution is 2.20. The maximum Gasteiger partial charge on any atom is 0.336 e. The Morgan fingerprint density at radius 2 is 1.87 bits per heavy atom. The minimum atomic E-state index is -1.20. The van der Waals surface area contributed by atoms with Crippen LogP contribution in [-0.2, 0) is 0 Å². The molecular formula is C11H10O4. The van der Waals surface area contributed by atoms with E-state index in [0.29, 0.717) is 29.3 Å². The second-order valence-electron chi connectivity index (χ2n) is 3.24. The first-order valence-corrected chi connectivity index (χ1v) is 4.30. The molecule has 4 heteroatoms. The molecule has 15 heavy (non-hydrogen) atoms. The van der Waals surface area contributed by atoms with Crippen LogP contribution in [0.2, 0.25) is 0 Å². The normalized spacial score (nSPS) is 9.73. The van der Waals surface area contributed by atoms with Gasteiger partial charge in [0, 0.05) is 11.1 Å². The van der Waals surface area contributed by atoms with Crippen LogP contribution >= 0.6 is 0 Å². The highest BCUT2D eigenvalue weighted by molar-refractivity contribution is 6.01. The Bertz CT molecular complexity index is 446. The average molecular weight is 206 g/mol. The van der Waals surface area contributed by atoms with Crippen LogP contribution in [0.15, 0.2) is 6.07 Å². The maximum atomic E-state index is 10.9. The molecule has 78 valence electrons. The van der Waals surface area contributed by atoms with Crippen molar-refractivity contribution in [2.24, 2.45) is 0 Å². The van der Waals surface area contributed by atoms with Crippen LogP contribution < -0.4 is 0 Å². The quantitative estimate of drug-likeness (QED) is 0.763. The lowest BCUT2D eigenvalue weighted by Gasteiger charge is -2.09. The van der Waals surface area contributed by atoms with E-state index >= 15 is 0 Å². The third-order valence-electron chi connectivity index (χ3n) is 2.32. The predicted octanol–water partition coefficient (Wildman–Crippen LogP) is 1.63. The third-order valence-corrected chi connectivity index (χ3v) is 2.32. The monoisotopic (exact) mass is 206 g/mol. The standard InChI is InChI=1S/C11H10O4/c1-6-3-8(4-12)10(11(14)15)7(2)9(6)5-13/h3-5H,1-2H3,(H,14,15). The molecule has 0 atom stereocenters. The number of aryl methyl sites for hydroxylation is 1. The van der Waals surface area contributed by atoms with Gasteiger partial charge in [-0.25, -0.2) is 4.79 Å². The zero-order valence-electron chi connectivity index (χ0n) is 8.40. The van der Waals surface area contributed by atoms with E-state index in [-0.39, 0.29) is 11.1 Å². The minimum Gasteiger partial charge on any atom is -0.478 e. The predicted molar refractivity (Wildman–Crippen MR) is 53.7 cm³/mol. The van der Waals surface area contributed by atoms with Gasteiger partial charge in [-0.2, -0.15) is 0 Å². The summed E-state index contributed by atoms with van der Waals surface area (Å²) < 4.78 is 0. The second-order valence-corrected chi connectivity index (χ2v) is 3.24. The summed E-state index contributed by atoms with van der Waals surface area (Å²) in [7, 11) is 0. The van der Waals surface area contributed by atoms with Crippen LogP contribution in [0.1, 0.15) is 42.2 Å². The summed E-state index contributed by atoms with van der Waals surface area (Å²) in [5, 5.41) is 8.91. The topological polar surface area (TPSA) is 71.4 Å². The van der Waals surface area contributed by atoms with Gasteiger partial charge in [0.25, 0.3) is 0 Å². The van der Waals surface area contributed by atoms with Crippen LogP contribution in [0.3, 0.4) is 0 Å². The van der Waals surface area contributed by atoms with E-state index in [0.717, 1.165) is 0 Å². The molecule has 0 aliphatic carbocycles. The molecule has 0 aromatic heterocycles. The van der Waals surface area contributed by atoms with Crippen LogP contribution in [0.25, 0.3) is 0 Å². The molecule has 0 saturated carbocycles. The number of aromatic carboxylic acids is 1. The molecule has 0 aliphatic heterocycles. The first kappa shape index (κ1) is 11.1. The number of carboxylic acid groups (broad SMARTS) is 1. The van der Waals surface area contributed by atoms with Crippen LogP contribution in [0.4, 0.5) is 0 Å². The number of hydrogen-bond acceptors (Lipinski definition) is 3. The number of hydrogen-bond donors (Lipinski definition) is 1. The van der Waals surface area contributed by atoms with E-state index in [1.54, 1.807) is 6.92 Å². The Labute approximate surface area is 86.5 Å². The van der Waals surface area contributed by atoms with Crippen molar-refractivity contribution in [3.05, 3.63) is 33.9 Å². The molecule has 0 spiro atoms. The fourth-order valence-electron chi connectivity index (χ4n) is 1.59. The molecule has 0 bridgehead atoms. The molecule has 1 rings (SSSR count). The summed E-state index contributed by atoms with van der Waals surface area (Å²) in [6.07, 6.45) is 1.09. The summed E-state index contributed by atoms with van der Waals surface area (Å²) in [6, 6.07) is 1.41. The molecule has 0 amide bonds. The van der Waals surface area contributed by atoms with E-state index in [9.17, 15) is 14.4 Å². The highest BCUT2D eigenvalue weighted by atomic mass is 16.4. The summed E-state index contributed by atoms with van der Waals surface area (Å²) in [4.78, 5) is 32.3. The van der Waals surface area contributed by atoms with Crippen molar-refractivity contribution in [1.82, 2.24) is 0 Å². The van der Waals surface area contributed by atoms with Gasteiger partial charge in [-0.05, 0) is 31.0 Å². The molecule has 0 saturated heterocycles. The van der Waals surface area contributed by atoms with Gasteiger partial charge < -0.3 is 5.11 Å². The van der Waals surface area contributed by atoms with Gasteiger partial charge in [0.05, 0.1) is 5.56 Å². The Kier molecular flexibility index (Phi) is 2.99. The van der Waals surface area contributed by atoms with Gasteiger partial charge in [-0.3, -0.25) is 9.59 Å². The van der Waals surface area contributed by atoms with Gasteiger partial charge >= 0.3 is 5.97 Å². The zero-order chi connectivity index (χ0) is 11.6. The number of benzene rings is 1. The Morgan fingerprint density at radius 3 is 2.27 bits per heavy atom. The first-order chi connectivity index (χ1) is 7.02. The van der Waals surface area contributed by atoms with E-state index in [2.05, 4.69) is 0 Å². The van der Waals surface area contributed by atoms with Crippen molar-refractivity contribution >= 4 is 18.5 Å². The van der Waals surface area contributed by atoms with Crippen LogP contribution in [-0.4, -0.2) is 23.6 Å². The van der Waals surface area contributed by atoms with E-state index in [4.69, 9.17) is 5.11 Å². The summed E-state index contributed by atoms with van der Waals surface area (Å²) in [5.41, 5.74) is 1.27. The summed E-state index contributed by atoms with van der Waals surface area (Å²) in [6.45, 7) is 3.18. The molecule has 4 nitrogen and oxygen atoms in total. The van der Waals surface area contributed by atoms with Gasteiger partial charge in [-0.15, -0.1) is 0 Å². The third kappa shape index (κ3) is 1.79. The van der Waals surface area contributed by atoms with E-state index < -0.39 is 5.97 Å². The minimum absolute atomic E-state index is 0.0994.